The molecule has 1 aromatic heterocycles. The van der Waals surface area contributed by atoms with Crippen molar-refractivity contribution in [1.82, 2.24) is 4.98 Å². The van der Waals surface area contributed by atoms with E-state index in [-0.39, 0.29) is 11.0 Å². The Bertz CT molecular complexity index is 329. The number of hydrogen-bond donors (Lipinski definition) is 0. The molecule has 3 nitrogen and oxygen atoms in total. The molecular weight excluding hydrogens is 189 g/mol. The second kappa shape index (κ2) is 6.76. The molecule has 0 spiro atoms. The second-order valence-corrected chi connectivity index (χ2v) is 2.81. The summed E-state index contributed by atoms with van der Waals surface area (Å²) in [6, 6.07) is 16.1. The van der Waals surface area contributed by atoms with Gasteiger partial charge in [0.05, 0.1) is 0 Å². The molecule has 1 aromatic carbocycles. The average molecular weight is 202 g/mol. The van der Waals surface area contributed by atoms with Crippen LogP contribution in [0.2, 0.25) is 0 Å². The van der Waals surface area contributed by atoms with E-state index in [4.69, 9.17) is 0 Å². The van der Waals surface area contributed by atoms with Crippen molar-refractivity contribution in [1.29, 1.82) is 0 Å². The van der Waals surface area contributed by atoms with Crippen molar-refractivity contribution < 1.29 is 11.0 Å². The lowest BCUT2D eigenvalue weighted by molar-refractivity contribution is 0.823. The first-order chi connectivity index (χ1) is 6.45. The zero-order chi connectivity index (χ0) is 8.93. The average Bonchev–Trinajstić information content (AvgIpc) is 2.21. The zero-order valence-corrected chi connectivity index (χ0v) is 8.22. The fraction of sp³-hybridized carbons (Fsp3) is 0. The lowest BCUT2D eigenvalue weighted by atomic mass is 9.67. The molecule has 2 rings (SSSR count). The Kier molecular flexibility index (Phi) is 6.02. The van der Waals surface area contributed by atoms with E-state index in [2.05, 4.69) is 24.4 Å². The smallest absolute Gasteiger partial charge is 0.216 e. The summed E-state index contributed by atoms with van der Waals surface area (Å²) < 4.78 is 0. The van der Waals surface area contributed by atoms with E-state index in [0.29, 0.717) is 0 Å². The van der Waals surface area contributed by atoms with E-state index < -0.39 is 0 Å². The maximum atomic E-state index is 4.22. The SMILES string of the molecule is O.O.[B](c1ccccc1)c1ccccn1. The number of rotatable bonds is 2. The summed E-state index contributed by atoms with van der Waals surface area (Å²) in [4.78, 5) is 4.22. The summed E-state index contributed by atoms with van der Waals surface area (Å²) in [6.07, 6.45) is 1.80. The Hall–Kier alpha value is -1.65. The molecule has 0 bridgehead atoms. The van der Waals surface area contributed by atoms with E-state index in [9.17, 15) is 0 Å². The highest BCUT2D eigenvalue weighted by Crippen LogP contribution is 1.82. The minimum atomic E-state index is 0. The van der Waals surface area contributed by atoms with Gasteiger partial charge in [0.15, 0.2) is 0 Å². The number of aromatic nitrogens is 1. The molecule has 0 saturated carbocycles. The molecule has 0 aliphatic rings. The third-order valence-electron chi connectivity index (χ3n) is 1.80. The first-order valence-electron chi connectivity index (χ1n) is 4.26. The van der Waals surface area contributed by atoms with Gasteiger partial charge >= 0.3 is 0 Å². The van der Waals surface area contributed by atoms with E-state index in [1.54, 1.807) is 6.20 Å². The molecule has 0 saturated heterocycles. The van der Waals surface area contributed by atoms with Crippen molar-refractivity contribution >= 4 is 18.3 Å². The van der Waals surface area contributed by atoms with Gasteiger partial charge in [-0.05, 0) is 6.07 Å². The predicted molar refractivity (Wildman–Crippen MR) is 62.9 cm³/mol. The maximum absolute atomic E-state index is 4.22. The van der Waals surface area contributed by atoms with Gasteiger partial charge in [-0.25, -0.2) is 0 Å². The maximum Gasteiger partial charge on any atom is 0.216 e. The van der Waals surface area contributed by atoms with Gasteiger partial charge in [0, 0.05) is 11.8 Å². The van der Waals surface area contributed by atoms with Crippen molar-refractivity contribution in [2.75, 3.05) is 0 Å². The summed E-state index contributed by atoms with van der Waals surface area (Å²) in [7, 11) is 2.06. The quantitative estimate of drug-likeness (QED) is 0.580. The first kappa shape index (κ1) is 13.4. The molecule has 0 amide bonds. The van der Waals surface area contributed by atoms with Gasteiger partial charge in [0.1, 0.15) is 0 Å². The van der Waals surface area contributed by atoms with E-state index in [0.717, 1.165) is 5.59 Å². The van der Waals surface area contributed by atoms with E-state index in [1.165, 1.54) is 5.46 Å². The van der Waals surface area contributed by atoms with Gasteiger partial charge in [-0.1, -0.05) is 47.9 Å². The number of pyridine rings is 1. The molecule has 0 unspecified atom stereocenters. The predicted octanol–water partition coefficient (Wildman–Crippen LogP) is -0.913. The lowest BCUT2D eigenvalue weighted by Gasteiger charge is -1.97. The zero-order valence-electron chi connectivity index (χ0n) is 8.22. The molecule has 4 N–H and O–H groups in total. The molecule has 0 aliphatic heterocycles. The van der Waals surface area contributed by atoms with Gasteiger partial charge in [0.2, 0.25) is 7.28 Å². The summed E-state index contributed by atoms with van der Waals surface area (Å²) >= 11 is 0. The molecule has 0 fully saturated rings. The van der Waals surface area contributed by atoms with Crippen molar-refractivity contribution in [3.05, 3.63) is 54.7 Å². The molecule has 4 heteroatoms. The first-order valence-corrected chi connectivity index (χ1v) is 4.26. The second-order valence-electron chi connectivity index (χ2n) is 2.81. The molecule has 2 aromatic rings. The largest absolute Gasteiger partial charge is 0.412 e. The van der Waals surface area contributed by atoms with Gasteiger partial charge in [0.25, 0.3) is 0 Å². The van der Waals surface area contributed by atoms with Crippen LogP contribution in [0.5, 0.6) is 0 Å². The van der Waals surface area contributed by atoms with Crippen LogP contribution in [0.15, 0.2) is 54.7 Å². The molecule has 1 radical (unpaired) electrons. The lowest BCUT2D eigenvalue weighted by Crippen LogP contribution is -2.28. The van der Waals surface area contributed by atoms with Gasteiger partial charge < -0.3 is 11.0 Å². The van der Waals surface area contributed by atoms with Crippen LogP contribution in [-0.4, -0.2) is 23.2 Å². The van der Waals surface area contributed by atoms with Crippen LogP contribution >= 0.6 is 0 Å². The molecule has 0 aliphatic carbocycles. The third-order valence-corrected chi connectivity index (χ3v) is 1.80. The fourth-order valence-electron chi connectivity index (χ4n) is 1.18. The van der Waals surface area contributed by atoms with Gasteiger partial charge in [-0.3, -0.25) is 4.98 Å². The van der Waals surface area contributed by atoms with Crippen molar-refractivity contribution in [2.24, 2.45) is 0 Å². The topological polar surface area (TPSA) is 75.9 Å². The minimum absolute atomic E-state index is 0. The molecule has 15 heavy (non-hydrogen) atoms. The number of benzene rings is 1. The summed E-state index contributed by atoms with van der Waals surface area (Å²) in [5, 5.41) is 0. The third kappa shape index (κ3) is 3.93. The van der Waals surface area contributed by atoms with Crippen LogP contribution in [0.1, 0.15) is 0 Å². The Balaban J connectivity index is 0.000000980. The van der Waals surface area contributed by atoms with Crippen LogP contribution in [0.3, 0.4) is 0 Å². The Morgan fingerprint density at radius 1 is 0.800 bits per heavy atom. The van der Waals surface area contributed by atoms with Crippen LogP contribution in [0.4, 0.5) is 0 Å². The fourth-order valence-corrected chi connectivity index (χ4v) is 1.18. The highest BCUT2D eigenvalue weighted by atomic mass is 16.0. The van der Waals surface area contributed by atoms with E-state index >= 15 is 0 Å². The van der Waals surface area contributed by atoms with Crippen molar-refractivity contribution in [2.45, 2.75) is 0 Å². The van der Waals surface area contributed by atoms with E-state index in [1.807, 2.05) is 36.4 Å². The molecule has 1 heterocycles. The Morgan fingerprint density at radius 3 is 2.07 bits per heavy atom. The molecule has 77 valence electrons. The monoisotopic (exact) mass is 202 g/mol. The van der Waals surface area contributed by atoms with Crippen molar-refractivity contribution in [3.8, 4) is 0 Å². The number of nitrogens with zero attached hydrogens (tertiary/aromatic N) is 1. The minimum Gasteiger partial charge on any atom is -0.412 e. The normalized spacial score (nSPS) is 8.27. The van der Waals surface area contributed by atoms with Crippen LogP contribution in [0, 0.1) is 0 Å². The Labute approximate surface area is 89.7 Å². The standard InChI is InChI=1S/C11H9BN.2H2O/c1-2-6-10(7-3-1)12-11-8-4-5-9-13-11;;/h1-9H;2*1H2. The van der Waals surface area contributed by atoms with Gasteiger partial charge in [-0.2, -0.15) is 0 Å². The molecular formula is C11H13BNO2. The number of hydrogen-bond acceptors (Lipinski definition) is 1. The Morgan fingerprint density at radius 2 is 1.47 bits per heavy atom. The highest BCUT2D eigenvalue weighted by Gasteiger charge is 1.97. The highest BCUT2D eigenvalue weighted by molar-refractivity contribution is 6.66. The van der Waals surface area contributed by atoms with Crippen LogP contribution in [-0.2, 0) is 0 Å². The summed E-state index contributed by atoms with van der Waals surface area (Å²) in [6.45, 7) is 0. The summed E-state index contributed by atoms with van der Waals surface area (Å²) in [5.74, 6) is 0. The van der Waals surface area contributed by atoms with Crippen LogP contribution in [0.25, 0.3) is 0 Å². The molecule has 0 atom stereocenters. The van der Waals surface area contributed by atoms with Crippen molar-refractivity contribution in [3.63, 3.8) is 0 Å². The van der Waals surface area contributed by atoms with Crippen LogP contribution < -0.4 is 11.1 Å². The summed E-state index contributed by atoms with van der Waals surface area (Å²) in [5.41, 5.74) is 2.18. The van der Waals surface area contributed by atoms with Gasteiger partial charge in [-0.15, -0.1) is 0 Å².